The van der Waals surface area contributed by atoms with Crippen LogP contribution in [0.3, 0.4) is 0 Å². The van der Waals surface area contributed by atoms with Crippen molar-refractivity contribution in [1.29, 1.82) is 0 Å². The van der Waals surface area contributed by atoms with Crippen LogP contribution in [0.15, 0.2) is 11.6 Å². The van der Waals surface area contributed by atoms with Gasteiger partial charge in [0.2, 0.25) is 6.29 Å². The Hall–Kier alpha value is -1.75. The van der Waals surface area contributed by atoms with Crippen molar-refractivity contribution in [2.75, 3.05) is 26.4 Å². The standard InChI is InChI=1S/C59H96O26/c1-24-34(63)38(67)42(71)49(78-24)83-46-29(20-60)80-48(45(74)41(46)70)77-22-30-37(66)40(69)44(73)51(81-30)85-53(75)59-17-15-54(3,4)19-27(59)26-9-10-32-55(5)13-12-33(56(6,23-61)31(55)11-14-58(32,8)57(26,7)16-18-59)82-52-47(36(65)28(62)21-76-52)84-50-43(72)39(68)35(64)25(2)79-50/h9,24-25,27-52,60-74H,10-23H2,1-8H3/t24?,25?,27-,28?,29?,30?,31+,32-,33?,34?,35?,36?,37?,38?,39?,40?,41?,42?,43?,44?,45?,46?,47?,48?,49-,50+,51?,52+,55-,56+,57+,58-,59-/m0/s1. The van der Waals surface area contributed by atoms with Crippen LogP contribution in [0.4, 0.5) is 0 Å². The summed E-state index contributed by atoms with van der Waals surface area (Å²) in [5, 5.41) is 163. The molecule has 0 aromatic rings. The highest BCUT2D eigenvalue weighted by atomic mass is 16.8. The molecule has 10 aliphatic rings. The average Bonchev–Trinajstić information content (AvgIpc) is 0.692. The quantitative estimate of drug-likeness (QED) is 0.0513. The molecule has 0 amide bonds. The van der Waals surface area contributed by atoms with E-state index in [0.717, 1.165) is 12.8 Å². The Kier molecular flexibility index (Phi) is 19.0. The third-order valence-electron chi connectivity index (χ3n) is 23.2. The summed E-state index contributed by atoms with van der Waals surface area (Å²) >= 11 is 0. The number of carbonyl (C=O) groups excluding carboxylic acids is 1. The molecule has 5 aliphatic carbocycles. The van der Waals surface area contributed by atoms with E-state index in [0.29, 0.717) is 51.4 Å². The number of ether oxygens (including phenoxy) is 10. The van der Waals surface area contributed by atoms with Crippen molar-refractivity contribution in [3.8, 4) is 0 Å². The van der Waals surface area contributed by atoms with E-state index in [1.165, 1.54) is 19.4 Å². The lowest BCUT2D eigenvalue weighted by Crippen LogP contribution is -2.67. The van der Waals surface area contributed by atoms with Gasteiger partial charge in [0.05, 0.1) is 50.2 Å². The van der Waals surface area contributed by atoms with Gasteiger partial charge in [-0.2, -0.15) is 0 Å². The minimum Gasteiger partial charge on any atom is -0.432 e. The first-order valence-electron chi connectivity index (χ1n) is 30.6. The minimum absolute atomic E-state index is 0.0670. The predicted molar refractivity (Wildman–Crippen MR) is 288 cm³/mol. The van der Waals surface area contributed by atoms with Crippen molar-refractivity contribution in [2.45, 2.75) is 273 Å². The molecule has 15 N–H and O–H groups in total. The number of esters is 1. The molecule has 5 aliphatic heterocycles. The third-order valence-corrected chi connectivity index (χ3v) is 23.2. The van der Waals surface area contributed by atoms with Crippen molar-refractivity contribution in [2.24, 2.45) is 50.2 Å². The summed E-state index contributed by atoms with van der Waals surface area (Å²) in [4.78, 5) is 15.2. The summed E-state index contributed by atoms with van der Waals surface area (Å²) in [5.41, 5.74) is -1.93. The van der Waals surface area contributed by atoms with Crippen LogP contribution in [0.1, 0.15) is 120 Å². The molecule has 26 heteroatoms. The normalized spacial score (nSPS) is 55.3. The first kappa shape index (κ1) is 66.2. The molecule has 5 heterocycles. The van der Waals surface area contributed by atoms with Gasteiger partial charge in [-0.1, -0.05) is 53.2 Å². The van der Waals surface area contributed by atoms with Crippen LogP contribution in [-0.2, 0) is 52.2 Å². The third kappa shape index (κ3) is 11.1. The van der Waals surface area contributed by atoms with Crippen LogP contribution in [0, 0.1) is 50.2 Å². The lowest BCUT2D eigenvalue weighted by molar-refractivity contribution is -0.365. The van der Waals surface area contributed by atoms with Gasteiger partial charge in [0.1, 0.15) is 104 Å². The zero-order valence-corrected chi connectivity index (χ0v) is 49.8. The Balaban J connectivity index is 0.833. The number of carbonyl (C=O) groups is 1. The first-order chi connectivity index (χ1) is 39.8. The highest BCUT2D eigenvalue weighted by molar-refractivity contribution is 5.79. The molecule has 0 radical (unpaired) electrons. The Morgan fingerprint density at radius 1 is 0.565 bits per heavy atom. The smallest absolute Gasteiger partial charge is 0.315 e. The highest BCUT2D eigenvalue weighted by Crippen LogP contribution is 2.76. The summed E-state index contributed by atoms with van der Waals surface area (Å²) in [6, 6.07) is 0. The van der Waals surface area contributed by atoms with Crippen LogP contribution >= 0.6 is 0 Å². The number of hydrogen-bond acceptors (Lipinski definition) is 26. The molecule has 9 fully saturated rings. The lowest BCUT2D eigenvalue weighted by Gasteiger charge is -2.71. The van der Waals surface area contributed by atoms with Crippen LogP contribution in [0.2, 0.25) is 0 Å². The Morgan fingerprint density at radius 3 is 1.76 bits per heavy atom. The SMILES string of the molecule is CC1O[C@H](OC2C(O)C(O)CO[C@@H]2OC2CC[C@@]3(C)[C@@H](CC[C@@]4(C)[C@H]3CC=C3[C@@H]5CC(C)(C)CC[C@]5(C(=O)OC5OC(COC6OC(CO)C(O[C@@H]7OC(C)C(O)C(O)C7O)C(O)C6O)C(O)C(O)C5O)CC[C@]34C)[C@@]2(C)CO)C(O)C(O)C1O. The Labute approximate surface area is 494 Å². The van der Waals surface area contributed by atoms with E-state index in [4.69, 9.17) is 47.4 Å². The highest BCUT2D eigenvalue weighted by Gasteiger charge is 2.71. The van der Waals surface area contributed by atoms with Crippen LogP contribution in [0.5, 0.6) is 0 Å². The fourth-order valence-corrected chi connectivity index (χ4v) is 17.5. The molecule has 0 aromatic carbocycles. The molecule has 4 saturated carbocycles. The van der Waals surface area contributed by atoms with Gasteiger partial charge in [0, 0.05) is 5.41 Å². The Morgan fingerprint density at radius 2 is 1.14 bits per heavy atom. The summed E-state index contributed by atoms with van der Waals surface area (Å²) in [5.74, 6) is -0.861. The molecule has 0 bridgehead atoms. The molecule has 0 spiro atoms. The maximum absolute atomic E-state index is 15.2. The number of aliphatic hydroxyl groups is 15. The molecule has 85 heavy (non-hydrogen) atoms. The molecule has 0 aromatic heterocycles. The van der Waals surface area contributed by atoms with E-state index in [2.05, 4.69) is 40.7 Å². The van der Waals surface area contributed by atoms with Gasteiger partial charge in [-0.3, -0.25) is 4.79 Å². The molecule has 22 unspecified atom stereocenters. The number of fused-ring (bicyclic) bond motifs is 7. The second kappa shape index (κ2) is 24.4. The predicted octanol–water partition coefficient (Wildman–Crippen LogP) is -2.54. The number of rotatable bonds is 13. The first-order valence-corrected chi connectivity index (χ1v) is 30.6. The fraction of sp³-hybridized carbons (Fsp3) is 0.949. The number of allylic oxidation sites excluding steroid dienone is 2. The van der Waals surface area contributed by atoms with Crippen molar-refractivity contribution in [1.82, 2.24) is 0 Å². The van der Waals surface area contributed by atoms with Crippen molar-refractivity contribution in [3.05, 3.63) is 11.6 Å². The van der Waals surface area contributed by atoms with E-state index in [1.54, 1.807) is 0 Å². The number of aliphatic hydroxyl groups excluding tert-OH is 15. The Bertz CT molecular complexity index is 2370. The van der Waals surface area contributed by atoms with Crippen molar-refractivity contribution < 1.29 is 129 Å². The van der Waals surface area contributed by atoms with E-state index in [1.807, 2.05) is 6.92 Å². The molecule has 5 saturated heterocycles. The van der Waals surface area contributed by atoms with E-state index < -0.39 is 189 Å². The second-order valence-corrected chi connectivity index (χ2v) is 28.5. The van der Waals surface area contributed by atoms with E-state index >= 15 is 4.79 Å². The van der Waals surface area contributed by atoms with Gasteiger partial charge in [-0.25, -0.2) is 0 Å². The summed E-state index contributed by atoms with van der Waals surface area (Å²) in [6.07, 6.45) is -29.6. The zero-order chi connectivity index (χ0) is 62.0. The summed E-state index contributed by atoms with van der Waals surface area (Å²) in [7, 11) is 0. The zero-order valence-electron chi connectivity index (χ0n) is 49.8. The largest absolute Gasteiger partial charge is 0.432 e. The van der Waals surface area contributed by atoms with Gasteiger partial charge in [0.25, 0.3) is 0 Å². The maximum atomic E-state index is 15.2. The summed E-state index contributed by atoms with van der Waals surface area (Å²) in [6.45, 7) is 14.3. The molecule has 488 valence electrons. The average molecular weight is 1220 g/mol. The van der Waals surface area contributed by atoms with E-state index in [-0.39, 0.29) is 47.2 Å². The molecule has 26 nitrogen and oxygen atoms in total. The minimum atomic E-state index is -1.90. The molecular formula is C59H96O26. The van der Waals surface area contributed by atoms with Crippen molar-refractivity contribution >= 4 is 5.97 Å². The lowest BCUT2D eigenvalue weighted by atomic mass is 9.33. The van der Waals surface area contributed by atoms with Gasteiger partial charge >= 0.3 is 5.97 Å². The number of hydrogen-bond donors (Lipinski definition) is 15. The van der Waals surface area contributed by atoms with Crippen LogP contribution < -0.4 is 0 Å². The van der Waals surface area contributed by atoms with Crippen molar-refractivity contribution in [3.63, 3.8) is 0 Å². The van der Waals surface area contributed by atoms with Gasteiger partial charge in [-0.15, -0.1) is 0 Å². The van der Waals surface area contributed by atoms with Gasteiger partial charge < -0.3 is 124 Å². The van der Waals surface area contributed by atoms with Gasteiger partial charge in [-0.05, 0) is 117 Å². The van der Waals surface area contributed by atoms with Gasteiger partial charge in [0.15, 0.2) is 25.2 Å². The van der Waals surface area contributed by atoms with Crippen LogP contribution in [0.25, 0.3) is 0 Å². The fourth-order valence-electron chi connectivity index (χ4n) is 17.5. The second-order valence-electron chi connectivity index (χ2n) is 28.5. The molecular weight excluding hydrogens is 1120 g/mol. The summed E-state index contributed by atoms with van der Waals surface area (Å²) < 4.78 is 59.4. The topological polar surface area (TPSA) is 413 Å². The molecule has 33 atom stereocenters. The molecule has 10 rings (SSSR count). The monoisotopic (exact) mass is 1220 g/mol. The van der Waals surface area contributed by atoms with Crippen LogP contribution in [-0.4, -0.2) is 263 Å². The maximum Gasteiger partial charge on any atom is 0.315 e. The van der Waals surface area contributed by atoms with E-state index in [9.17, 15) is 76.6 Å².